The van der Waals surface area contributed by atoms with E-state index >= 15 is 0 Å². The van der Waals surface area contributed by atoms with Crippen molar-refractivity contribution in [3.05, 3.63) is 95.6 Å². The first-order chi connectivity index (χ1) is 14.1. The highest BCUT2D eigenvalue weighted by Gasteiger charge is 2.08. The molecule has 0 radical (unpaired) electrons. The van der Waals surface area contributed by atoms with Gasteiger partial charge in [-0.3, -0.25) is 9.59 Å². The Labute approximate surface area is 169 Å². The molecule has 146 valence electrons. The second kappa shape index (κ2) is 9.32. The van der Waals surface area contributed by atoms with Crippen molar-refractivity contribution in [2.75, 3.05) is 12.4 Å². The molecule has 0 atom stereocenters. The molecule has 0 aliphatic heterocycles. The monoisotopic (exact) mass is 387 g/mol. The lowest BCUT2D eigenvalue weighted by Crippen LogP contribution is -2.19. The number of ether oxygens (including phenoxy) is 1. The van der Waals surface area contributed by atoms with Crippen molar-refractivity contribution < 1.29 is 14.3 Å². The van der Waals surface area contributed by atoms with Crippen LogP contribution in [0.15, 0.2) is 84.0 Å². The number of rotatable bonds is 6. The van der Waals surface area contributed by atoms with E-state index in [0.717, 1.165) is 11.3 Å². The Morgan fingerprint density at radius 1 is 0.759 bits per heavy atom. The Hall–Kier alpha value is -3.93. The van der Waals surface area contributed by atoms with Gasteiger partial charge in [-0.25, -0.2) is 5.43 Å². The number of methoxy groups -OCH3 is 1. The predicted octanol–water partition coefficient (Wildman–Crippen LogP) is 4.10. The topological polar surface area (TPSA) is 79.8 Å². The SMILES string of the molecule is COc1ccc(C(C)=NNC(=O)c2ccc(NC(=O)c3ccccc3)cc2)cc1. The summed E-state index contributed by atoms with van der Waals surface area (Å²) < 4.78 is 5.13. The Balaban J connectivity index is 1.60. The third kappa shape index (κ3) is 5.29. The number of hydrogen-bond donors (Lipinski definition) is 2. The average molecular weight is 387 g/mol. The molecule has 29 heavy (non-hydrogen) atoms. The van der Waals surface area contributed by atoms with Crippen molar-refractivity contribution in [1.29, 1.82) is 0 Å². The van der Waals surface area contributed by atoms with Gasteiger partial charge in [-0.1, -0.05) is 18.2 Å². The first-order valence-corrected chi connectivity index (χ1v) is 9.02. The Morgan fingerprint density at radius 2 is 1.34 bits per heavy atom. The lowest BCUT2D eigenvalue weighted by molar-refractivity contribution is 0.0954. The van der Waals surface area contributed by atoms with Gasteiger partial charge in [0.1, 0.15) is 5.75 Å². The van der Waals surface area contributed by atoms with Gasteiger partial charge < -0.3 is 10.1 Å². The van der Waals surface area contributed by atoms with Crippen LogP contribution in [0.3, 0.4) is 0 Å². The molecule has 0 saturated carbocycles. The zero-order valence-electron chi connectivity index (χ0n) is 16.2. The maximum atomic E-state index is 12.3. The summed E-state index contributed by atoms with van der Waals surface area (Å²) in [6.07, 6.45) is 0. The number of anilines is 1. The van der Waals surface area contributed by atoms with Gasteiger partial charge in [-0.05, 0) is 73.2 Å². The number of carbonyl (C=O) groups excluding carboxylic acids is 2. The van der Waals surface area contributed by atoms with Gasteiger partial charge in [0, 0.05) is 16.8 Å². The first kappa shape index (κ1) is 19.8. The highest BCUT2D eigenvalue weighted by atomic mass is 16.5. The van der Waals surface area contributed by atoms with Gasteiger partial charge in [0.05, 0.1) is 12.8 Å². The molecule has 2 N–H and O–H groups in total. The van der Waals surface area contributed by atoms with Crippen LogP contribution < -0.4 is 15.5 Å². The van der Waals surface area contributed by atoms with Gasteiger partial charge in [0.15, 0.2) is 0 Å². The molecule has 3 rings (SSSR count). The maximum Gasteiger partial charge on any atom is 0.271 e. The molecule has 6 nitrogen and oxygen atoms in total. The van der Waals surface area contributed by atoms with Gasteiger partial charge in [-0.2, -0.15) is 5.10 Å². The molecule has 0 aromatic heterocycles. The maximum absolute atomic E-state index is 12.3. The molecule has 0 fully saturated rings. The van der Waals surface area contributed by atoms with Gasteiger partial charge in [-0.15, -0.1) is 0 Å². The van der Waals surface area contributed by atoms with E-state index in [1.165, 1.54) is 0 Å². The second-order valence-corrected chi connectivity index (χ2v) is 6.26. The van der Waals surface area contributed by atoms with Gasteiger partial charge >= 0.3 is 0 Å². The fraction of sp³-hybridized carbons (Fsp3) is 0.0870. The van der Waals surface area contributed by atoms with E-state index in [1.54, 1.807) is 55.6 Å². The number of carbonyl (C=O) groups is 2. The van der Waals surface area contributed by atoms with Crippen molar-refractivity contribution in [3.63, 3.8) is 0 Å². The molecule has 6 heteroatoms. The lowest BCUT2D eigenvalue weighted by atomic mass is 10.1. The van der Waals surface area contributed by atoms with E-state index in [9.17, 15) is 9.59 Å². The van der Waals surface area contributed by atoms with Crippen LogP contribution in [0.4, 0.5) is 5.69 Å². The van der Waals surface area contributed by atoms with E-state index < -0.39 is 0 Å². The quantitative estimate of drug-likeness (QED) is 0.494. The fourth-order valence-electron chi connectivity index (χ4n) is 2.59. The van der Waals surface area contributed by atoms with Crippen LogP contribution in [-0.4, -0.2) is 24.6 Å². The third-order valence-electron chi connectivity index (χ3n) is 4.27. The van der Waals surface area contributed by atoms with Crippen LogP contribution in [-0.2, 0) is 0 Å². The normalized spacial score (nSPS) is 10.9. The summed E-state index contributed by atoms with van der Waals surface area (Å²) in [6.45, 7) is 1.81. The average Bonchev–Trinajstić information content (AvgIpc) is 2.78. The molecular formula is C23H21N3O3. The van der Waals surface area contributed by atoms with Crippen molar-refractivity contribution in [3.8, 4) is 5.75 Å². The van der Waals surface area contributed by atoms with Crippen LogP contribution in [0.25, 0.3) is 0 Å². The van der Waals surface area contributed by atoms with Crippen molar-refractivity contribution in [2.45, 2.75) is 6.92 Å². The molecule has 0 spiro atoms. The number of hydrazone groups is 1. The van der Waals surface area contributed by atoms with Crippen LogP contribution in [0.5, 0.6) is 5.75 Å². The predicted molar refractivity (Wildman–Crippen MR) is 114 cm³/mol. The summed E-state index contributed by atoms with van der Waals surface area (Å²) in [5.74, 6) is 0.214. The summed E-state index contributed by atoms with van der Waals surface area (Å²) >= 11 is 0. The van der Waals surface area contributed by atoms with Crippen LogP contribution in [0.1, 0.15) is 33.2 Å². The van der Waals surface area contributed by atoms with E-state index in [-0.39, 0.29) is 11.8 Å². The third-order valence-corrected chi connectivity index (χ3v) is 4.27. The lowest BCUT2D eigenvalue weighted by Gasteiger charge is -2.07. The summed E-state index contributed by atoms with van der Waals surface area (Å²) in [4.78, 5) is 24.5. The molecule has 0 aliphatic carbocycles. The summed E-state index contributed by atoms with van der Waals surface area (Å²) in [6, 6.07) is 22.9. The van der Waals surface area contributed by atoms with E-state index in [4.69, 9.17) is 4.74 Å². The molecule has 0 unspecified atom stereocenters. The van der Waals surface area contributed by atoms with Crippen molar-refractivity contribution in [2.24, 2.45) is 5.10 Å². The highest BCUT2D eigenvalue weighted by Crippen LogP contribution is 2.13. The van der Waals surface area contributed by atoms with E-state index in [0.29, 0.717) is 22.5 Å². The highest BCUT2D eigenvalue weighted by molar-refractivity contribution is 6.04. The van der Waals surface area contributed by atoms with Gasteiger partial charge in [0.2, 0.25) is 0 Å². The minimum absolute atomic E-state index is 0.206. The fourth-order valence-corrected chi connectivity index (χ4v) is 2.59. The minimum atomic E-state index is -0.334. The van der Waals surface area contributed by atoms with E-state index in [1.807, 2.05) is 37.3 Å². The van der Waals surface area contributed by atoms with Crippen molar-refractivity contribution >= 4 is 23.2 Å². The molecule has 0 saturated heterocycles. The number of benzene rings is 3. The second-order valence-electron chi connectivity index (χ2n) is 6.26. The summed E-state index contributed by atoms with van der Waals surface area (Å²) in [5, 5.41) is 6.94. The number of amides is 2. The molecule has 2 amide bonds. The standard InChI is InChI=1S/C23H21N3O3/c1-16(17-10-14-21(29-2)15-11-17)25-26-23(28)19-8-12-20(13-9-19)24-22(27)18-6-4-3-5-7-18/h3-15H,1-2H3,(H,24,27)(H,26,28). The number of nitrogens with one attached hydrogen (secondary N) is 2. The van der Waals surface area contributed by atoms with E-state index in [2.05, 4.69) is 15.8 Å². The first-order valence-electron chi connectivity index (χ1n) is 9.02. The number of nitrogens with zero attached hydrogens (tertiary/aromatic N) is 1. The van der Waals surface area contributed by atoms with Gasteiger partial charge in [0.25, 0.3) is 11.8 Å². The Kier molecular flexibility index (Phi) is 6.37. The largest absolute Gasteiger partial charge is 0.497 e. The zero-order chi connectivity index (χ0) is 20.6. The Morgan fingerprint density at radius 3 is 1.97 bits per heavy atom. The summed E-state index contributed by atoms with van der Waals surface area (Å²) in [7, 11) is 1.61. The van der Waals surface area contributed by atoms with Crippen LogP contribution in [0.2, 0.25) is 0 Å². The molecule has 0 bridgehead atoms. The molecule has 3 aromatic rings. The Bertz CT molecular complexity index is 1010. The molecular weight excluding hydrogens is 366 g/mol. The van der Waals surface area contributed by atoms with Crippen LogP contribution >= 0.6 is 0 Å². The zero-order valence-corrected chi connectivity index (χ0v) is 16.2. The smallest absolute Gasteiger partial charge is 0.271 e. The number of hydrogen-bond acceptors (Lipinski definition) is 4. The molecule has 3 aromatic carbocycles. The minimum Gasteiger partial charge on any atom is -0.497 e. The van der Waals surface area contributed by atoms with Crippen molar-refractivity contribution in [1.82, 2.24) is 5.43 Å². The van der Waals surface area contributed by atoms with Crippen LogP contribution in [0, 0.1) is 0 Å². The summed E-state index contributed by atoms with van der Waals surface area (Å²) in [5.41, 5.74) is 5.71. The molecule has 0 heterocycles. The molecule has 0 aliphatic rings.